The van der Waals surface area contributed by atoms with E-state index in [9.17, 15) is 0 Å². The van der Waals surface area contributed by atoms with Crippen LogP contribution in [0.3, 0.4) is 0 Å². The first-order valence-electron chi connectivity index (χ1n) is 15.2. The predicted octanol–water partition coefficient (Wildman–Crippen LogP) is 12.1. The largest absolute Gasteiger partial charge is 0.0654 e. The van der Waals surface area contributed by atoms with Gasteiger partial charge in [-0.15, -0.1) is 0 Å². The van der Waals surface area contributed by atoms with E-state index >= 15 is 0 Å². The molecule has 188 valence electrons. The summed E-state index contributed by atoms with van der Waals surface area (Å²) in [5.74, 6) is 1.98. The van der Waals surface area contributed by atoms with E-state index in [0.717, 1.165) is 11.8 Å². The summed E-state index contributed by atoms with van der Waals surface area (Å²) in [5.41, 5.74) is 0. The van der Waals surface area contributed by atoms with E-state index in [0.29, 0.717) is 0 Å². The Hall–Kier alpha value is 0. The molecular formula is C31H64. The first kappa shape index (κ1) is 31.0. The van der Waals surface area contributed by atoms with Crippen LogP contribution in [0.15, 0.2) is 0 Å². The lowest BCUT2D eigenvalue weighted by Gasteiger charge is -2.19. The van der Waals surface area contributed by atoms with Gasteiger partial charge in [0.25, 0.3) is 0 Å². The lowest BCUT2D eigenvalue weighted by Crippen LogP contribution is -2.05. The highest BCUT2D eigenvalue weighted by Gasteiger charge is 2.11. The van der Waals surface area contributed by atoms with E-state index in [1.54, 1.807) is 0 Å². The molecule has 0 aliphatic rings. The van der Waals surface area contributed by atoms with Crippen molar-refractivity contribution in [3.05, 3.63) is 0 Å². The second-order valence-electron chi connectivity index (χ2n) is 10.9. The molecule has 0 spiro atoms. The maximum Gasteiger partial charge on any atom is -0.0414 e. The summed E-state index contributed by atoms with van der Waals surface area (Å²) < 4.78 is 0. The Labute approximate surface area is 200 Å². The van der Waals surface area contributed by atoms with Crippen molar-refractivity contribution < 1.29 is 0 Å². The third-order valence-electron chi connectivity index (χ3n) is 7.55. The summed E-state index contributed by atoms with van der Waals surface area (Å²) in [4.78, 5) is 0. The minimum atomic E-state index is 0.955. The van der Waals surface area contributed by atoms with Crippen molar-refractivity contribution in [1.82, 2.24) is 0 Å². The van der Waals surface area contributed by atoms with E-state index in [1.807, 2.05) is 0 Å². The van der Waals surface area contributed by atoms with Crippen LogP contribution in [0.4, 0.5) is 0 Å². The van der Waals surface area contributed by atoms with Crippen molar-refractivity contribution in [1.29, 1.82) is 0 Å². The van der Waals surface area contributed by atoms with Gasteiger partial charge in [0, 0.05) is 0 Å². The van der Waals surface area contributed by atoms with Gasteiger partial charge in [0.2, 0.25) is 0 Å². The maximum atomic E-state index is 2.53. The summed E-state index contributed by atoms with van der Waals surface area (Å²) in [6.07, 6.45) is 36.7. The van der Waals surface area contributed by atoms with E-state index in [1.165, 1.54) is 161 Å². The molecule has 0 nitrogen and oxygen atoms in total. The van der Waals surface area contributed by atoms with E-state index in [4.69, 9.17) is 0 Å². The van der Waals surface area contributed by atoms with Gasteiger partial charge in [0.05, 0.1) is 0 Å². The molecule has 2 unspecified atom stereocenters. The minimum Gasteiger partial charge on any atom is -0.0654 e. The lowest BCUT2D eigenvalue weighted by atomic mass is 9.87. The highest BCUT2D eigenvalue weighted by Crippen LogP contribution is 2.26. The second kappa shape index (κ2) is 26.3. The molecule has 0 radical (unpaired) electrons. The fourth-order valence-electron chi connectivity index (χ4n) is 5.15. The normalized spacial score (nSPS) is 13.5. The summed E-state index contributed by atoms with van der Waals surface area (Å²) in [6, 6.07) is 0. The molecule has 0 N–H and O–H groups in total. The van der Waals surface area contributed by atoms with Gasteiger partial charge in [-0.25, -0.2) is 0 Å². The van der Waals surface area contributed by atoms with E-state index in [-0.39, 0.29) is 0 Å². The number of hydrogen-bond donors (Lipinski definition) is 0. The molecule has 0 rings (SSSR count). The van der Waals surface area contributed by atoms with Gasteiger partial charge >= 0.3 is 0 Å². The second-order valence-corrected chi connectivity index (χ2v) is 10.9. The average molecular weight is 437 g/mol. The molecule has 0 aliphatic carbocycles. The zero-order valence-corrected chi connectivity index (χ0v) is 22.8. The number of rotatable bonds is 26. The zero-order valence-electron chi connectivity index (χ0n) is 22.8. The summed E-state index contributed by atoms with van der Waals surface area (Å²) in [7, 11) is 0. The molecule has 31 heavy (non-hydrogen) atoms. The molecule has 0 saturated heterocycles. The molecule has 2 atom stereocenters. The van der Waals surface area contributed by atoms with E-state index in [2.05, 4.69) is 27.7 Å². The molecule has 0 aromatic heterocycles. The van der Waals surface area contributed by atoms with Crippen molar-refractivity contribution >= 4 is 0 Å². The Balaban J connectivity index is 3.69. The van der Waals surface area contributed by atoms with Crippen LogP contribution in [0, 0.1) is 11.8 Å². The van der Waals surface area contributed by atoms with Gasteiger partial charge in [-0.05, 0) is 11.8 Å². The van der Waals surface area contributed by atoms with Crippen molar-refractivity contribution in [2.45, 2.75) is 188 Å². The van der Waals surface area contributed by atoms with Gasteiger partial charge in [-0.2, -0.15) is 0 Å². The first-order valence-corrected chi connectivity index (χ1v) is 15.2. The summed E-state index contributed by atoms with van der Waals surface area (Å²) in [5, 5.41) is 0. The van der Waals surface area contributed by atoms with Crippen molar-refractivity contribution in [3.8, 4) is 0 Å². The van der Waals surface area contributed by atoms with Crippen molar-refractivity contribution in [2.75, 3.05) is 0 Å². The Morgan fingerprint density at radius 2 is 0.645 bits per heavy atom. The van der Waals surface area contributed by atoms with Crippen molar-refractivity contribution in [2.24, 2.45) is 11.8 Å². The van der Waals surface area contributed by atoms with Crippen LogP contribution < -0.4 is 0 Å². The number of hydrogen-bond acceptors (Lipinski definition) is 0. The monoisotopic (exact) mass is 437 g/mol. The van der Waals surface area contributed by atoms with Crippen LogP contribution >= 0.6 is 0 Å². The van der Waals surface area contributed by atoms with Gasteiger partial charge < -0.3 is 0 Å². The molecule has 0 aliphatic heterocycles. The molecule has 0 amide bonds. The topological polar surface area (TPSA) is 0 Å². The van der Waals surface area contributed by atoms with E-state index < -0.39 is 0 Å². The van der Waals surface area contributed by atoms with Crippen LogP contribution in [0.5, 0.6) is 0 Å². The number of unbranched alkanes of at least 4 members (excludes halogenated alkanes) is 17. The third kappa shape index (κ3) is 24.5. The fourth-order valence-corrected chi connectivity index (χ4v) is 5.15. The quantitative estimate of drug-likeness (QED) is 0.118. The Kier molecular flexibility index (Phi) is 26.3. The standard InChI is InChI=1S/C31H64/c1-5-8-11-13-15-16-17-18-19-20-23-25-30(4)28-29-31(26-22-10-7-3)27-24-21-14-12-9-6-2/h30-31H,5-29H2,1-4H3. The molecule has 0 bridgehead atoms. The molecule has 0 fully saturated rings. The molecule has 0 heterocycles. The molecular weight excluding hydrogens is 372 g/mol. The van der Waals surface area contributed by atoms with Crippen molar-refractivity contribution in [3.63, 3.8) is 0 Å². The fraction of sp³-hybridized carbons (Fsp3) is 1.00. The Morgan fingerprint density at radius 3 is 1.10 bits per heavy atom. The molecule has 0 aromatic carbocycles. The van der Waals surface area contributed by atoms with Crippen LogP contribution in [-0.2, 0) is 0 Å². The Morgan fingerprint density at radius 1 is 0.323 bits per heavy atom. The smallest absolute Gasteiger partial charge is 0.0414 e. The van der Waals surface area contributed by atoms with Crippen LogP contribution in [0.1, 0.15) is 188 Å². The van der Waals surface area contributed by atoms with Gasteiger partial charge in [-0.1, -0.05) is 188 Å². The summed E-state index contributed by atoms with van der Waals surface area (Å²) in [6.45, 7) is 9.51. The SMILES string of the molecule is CCCCCCCCCCCCCC(C)CCC(CCCCC)CCCCCCCC. The van der Waals surface area contributed by atoms with Gasteiger partial charge in [0.1, 0.15) is 0 Å². The highest BCUT2D eigenvalue weighted by atomic mass is 14.2. The van der Waals surface area contributed by atoms with Crippen LogP contribution in [0.2, 0.25) is 0 Å². The van der Waals surface area contributed by atoms with Crippen LogP contribution in [0.25, 0.3) is 0 Å². The summed E-state index contributed by atoms with van der Waals surface area (Å²) >= 11 is 0. The third-order valence-corrected chi connectivity index (χ3v) is 7.55. The zero-order chi connectivity index (χ0) is 22.8. The molecule has 0 heteroatoms. The van der Waals surface area contributed by atoms with Crippen LogP contribution in [-0.4, -0.2) is 0 Å². The predicted molar refractivity (Wildman–Crippen MR) is 145 cm³/mol. The van der Waals surface area contributed by atoms with Gasteiger partial charge in [0.15, 0.2) is 0 Å². The molecule has 0 aromatic rings. The van der Waals surface area contributed by atoms with Gasteiger partial charge in [-0.3, -0.25) is 0 Å². The highest BCUT2D eigenvalue weighted by molar-refractivity contribution is 4.64. The Bertz CT molecular complexity index is 307. The average Bonchev–Trinajstić information content (AvgIpc) is 2.77. The minimum absolute atomic E-state index is 0.955. The molecule has 0 saturated carbocycles. The maximum absolute atomic E-state index is 2.53. The lowest BCUT2D eigenvalue weighted by molar-refractivity contribution is 0.336. The first-order chi connectivity index (χ1) is 15.2.